The molecule has 2 aliphatic rings. The second kappa shape index (κ2) is 7.28. The normalized spacial score (nSPS) is 23.5. The molecular formula is C18H15F4N3O4S2. The maximum Gasteiger partial charge on any atom is 0.436 e. The first kappa shape index (κ1) is 21.7. The van der Waals surface area contributed by atoms with Crippen LogP contribution in [0.2, 0.25) is 0 Å². The van der Waals surface area contributed by atoms with Gasteiger partial charge in [0, 0.05) is 17.6 Å². The van der Waals surface area contributed by atoms with E-state index < -0.39 is 55.3 Å². The van der Waals surface area contributed by atoms with Gasteiger partial charge in [-0.3, -0.25) is 4.21 Å². The smallest absolute Gasteiger partial charge is 0.436 e. The Balaban J connectivity index is 1.95. The van der Waals surface area contributed by atoms with Crippen molar-refractivity contribution in [3.8, 4) is 5.69 Å². The number of nitrogens with two attached hydrogens (primary N) is 1. The summed E-state index contributed by atoms with van der Waals surface area (Å²) in [5.74, 6) is -3.03. The molecular weight excluding hydrogens is 462 g/mol. The third kappa shape index (κ3) is 3.59. The number of alkyl halides is 3. The molecule has 2 heterocycles. The Morgan fingerprint density at radius 2 is 1.90 bits per heavy atom. The van der Waals surface area contributed by atoms with E-state index in [1.807, 2.05) is 0 Å². The highest BCUT2D eigenvalue weighted by atomic mass is 32.2. The average Bonchev–Trinajstić information content (AvgIpc) is 3.10. The van der Waals surface area contributed by atoms with Crippen molar-refractivity contribution in [2.24, 2.45) is 11.1 Å². The van der Waals surface area contributed by atoms with E-state index in [2.05, 4.69) is 5.10 Å². The van der Waals surface area contributed by atoms with Gasteiger partial charge in [0.05, 0.1) is 39.1 Å². The molecule has 0 radical (unpaired) electrons. The van der Waals surface area contributed by atoms with Crippen LogP contribution in [0.3, 0.4) is 0 Å². The zero-order valence-electron chi connectivity index (χ0n) is 15.8. The fourth-order valence-electron chi connectivity index (χ4n) is 3.71. The van der Waals surface area contributed by atoms with Crippen molar-refractivity contribution in [1.82, 2.24) is 9.78 Å². The van der Waals surface area contributed by atoms with Gasteiger partial charge in [-0.25, -0.2) is 22.6 Å². The summed E-state index contributed by atoms with van der Waals surface area (Å²) in [5, 5.41) is 8.70. The van der Waals surface area contributed by atoms with Crippen molar-refractivity contribution in [2.45, 2.75) is 21.9 Å². The first-order valence-corrected chi connectivity index (χ1v) is 11.6. The maximum absolute atomic E-state index is 14.8. The largest absolute Gasteiger partial charge is 0.494 e. The van der Waals surface area contributed by atoms with E-state index in [9.17, 15) is 30.2 Å². The summed E-state index contributed by atoms with van der Waals surface area (Å²) in [6.45, 7) is 0. The lowest BCUT2D eigenvalue weighted by atomic mass is 9.85. The van der Waals surface area contributed by atoms with E-state index in [0.29, 0.717) is 0 Å². The average molecular weight is 477 g/mol. The Labute approximate surface area is 176 Å². The highest BCUT2D eigenvalue weighted by Gasteiger charge is 2.48. The van der Waals surface area contributed by atoms with Crippen molar-refractivity contribution in [3.63, 3.8) is 0 Å². The van der Waals surface area contributed by atoms with Gasteiger partial charge >= 0.3 is 6.18 Å². The number of sulfonamides is 1. The van der Waals surface area contributed by atoms with E-state index in [-0.39, 0.29) is 27.8 Å². The van der Waals surface area contributed by atoms with Crippen molar-refractivity contribution in [3.05, 3.63) is 59.4 Å². The van der Waals surface area contributed by atoms with Crippen LogP contribution in [0.4, 0.5) is 17.6 Å². The van der Waals surface area contributed by atoms with Crippen LogP contribution in [0, 0.1) is 5.92 Å². The molecule has 0 saturated carbocycles. The number of nitrogens with zero attached hydrogens (tertiary/aromatic N) is 2. The predicted molar refractivity (Wildman–Crippen MR) is 102 cm³/mol. The van der Waals surface area contributed by atoms with Crippen LogP contribution in [-0.2, 0) is 31.7 Å². The molecule has 3 unspecified atom stereocenters. The second-order valence-corrected chi connectivity index (χ2v) is 9.93. The number of benzene rings is 1. The minimum atomic E-state index is -4.90. The fraction of sp³-hybridized carbons (Fsp3) is 0.278. The molecule has 1 aliphatic heterocycles. The van der Waals surface area contributed by atoms with Gasteiger partial charge in [-0.1, -0.05) is 6.08 Å². The highest BCUT2D eigenvalue weighted by molar-refractivity contribution is 7.89. The lowest BCUT2D eigenvalue weighted by Gasteiger charge is -2.32. The molecule has 166 valence electrons. The van der Waals surface area contributed by atoms with Gasteiger partial charge in [0.25, 0.3) is 0 Å². The Hall–Kier alpha value is -2.51. The molecule has 1 aromatic carbocycles. The van der Waals surface area contributed by atoms with E-state index >= 15 is 0 Å². The molecule has 31 heavy (non-hydrogen) atoms. The lowest BCUT2D eigenvalue weighted by molar-refractivity contribution is -0.143. The quantitative estimate of drug-likeness (QED) is 0.685. The highest BCUT2D eigenvalue weighted by Crippen LogP contribution is 2.48. The molecule has 0 amide bonds. The topological polar surface area (TPSA) is 104 Å². The number of hydrogen-bond donors (Lipinski definition) is 1. The number of aromatic nitrogens is 2. The number of ether oxygens (including phenoxy) is 1. The molecule has 7 nitrogen and oxygen atoms in total. The molecule has 4 rings (SSSR count). The van der Waals surface area contributed by atoms with E-state index in [0.717, 1.165) is 16.8 Å². The van der Waals surface area contributed by atoms with Crippen LogP contribution in [0.1, 0.15) is 17.3 Å². The number of primary sulfonamides is 1. The van der Waals surface area contributed by atoms with Crippen LogP contribution in [0.25, 0.3) is 5.69 Å². The number of halogens is 4. The van der Waals surface area contributed by atoms with Gasteiger partial charge in [0.15, 0.2) is 5.69 Å². The van der Waals surface area contributed by atoms with Gasteiger partial charge in [-0.2, -0.15) is 18.3 Å². The number of allylic oxidation sites excluding steroid dienone is 3. The minimum absolute atomic E-state index is 0.0760. The first-order valence-electron chi connectivity index (χ1n) is 8.77. The number of fused-ring (bicyclic) bond motifs is 3. The lowest BCUT2D eigenvalue weighted by Crippen LogP contribution is -2.30. The van der Waals surface area contributed by atoms with Crippen LogP contribution >= 0.6 is 0 Å². The minimum Gasteiger partial charge on any atom is -0.494 e. The van der Waals surface area contributed by atoms with Gasteiger partial charge in [-0.05, 0) is 30.3 Å². The van der Waals surface area contributed by atoms with Crippen LogP contribution < -0.4 is 5.14 Å². The van der Waals surface area contributed by atoms with E-state index in [1.165, 1.54) is 31.4 Å². The molecule has 1 aromatic heterocycles. The Morgan fingerprint density at radius 3 is 2.45 bits per heavy atom. The molecule has 2 N–H and O–H groups in total. The predicted octanol–water partition coefficient (Wildman–Crippen LogP) is 2.76. The summed E-state index contributed by atoms with van der Waals surface area (Å²) >= 11 is 0. The Morgan fingerprint density at radius 1 is 1.26 bits per heavy atom. The van der Waals surface area contributed by atoms with E-state index in [1.54, 1.807) is 0 Å². The van der Waals surface area contributed by atoms with Crippen molar-refractivity contribution in [2.75, 3.05) is 12.9 Å². The summed E-state index contributed by atoms with van der Waals surface area (Å²) in [6.07, 6.45) is -2.11. The van der Waals surface area contributed by atoms with Crippen molar-refractivity contribution >= 4 is 20.8 Å². The van der Waals surface area contributed by atoms with Gasteiger partial charge in [0.1, 0.15) is 11.6 Å². The maximum atomic E-state index is 14.8. The van der Waals surface area contributed by atoms with Crippen molar-refractivity contribution in [1.29, 1.82) is 0 Å². The van der Waals surface area contributed by atoms with Gasteiger partial charge < -0.3 is 4.74 Å². The molecule has 0 spiro atoms. The zero-order valence-corrected chi connectivity index (χ0v) is 17.4. The third-order valence-corrected chi connectivity index (χ3v) is 7.55. The van der Waals surface area contributed by atoms with Gasteiger partial charge in [-0.15, -0.1) is 0 Å². The molecule has 3 atom stereocenters. The van der Waals surface area contributed by atoms with Crippen molar-refractivity contribution < 1.29 is 34.9 Å². The van der Waals surface area contributed by atoms with Crippen LogP contribution in [0.5, 0.6) is 0 Å². The van der Waals surface area contributed by atoms with Crippen LogP contribution in [-0.4, -0.2) is 35.3 Å². The summed E-state index contributed by atoms with van der Waals surface area (Å²) in [7, 11) is -4.95. The monoisotopic (exact) mass is 477 g/mol. The second-order valence-electron chi connectivity index (χ2n) is 6.93. The molecule has 1 aliphatic carbocycles. The molecule has 0 saturated heterocycles. The zero-order chi connectivity index (χ0) is 22.7. The summed E-state index contributed by atoms with van der Waals surface area (Å²) in [6, 6.07) is 4.67. The number of hydrogen-bond acceptors (Lipinski definition) is 5. The molecule has 13 heteroatoms. The molecule has 0 fully saturated rings. The number of methoxy groups -OCH3 is 1. The molecule has 0 bridgehead atoms. The SMILES string of the molecule is COC1=C(F)C2CS(=O)c3c(C(F)(F)F)nn(-c4ccc(S(N)(=O)=O)cc4)c3C2C=C1. The summed E-state index contributed by atoms with van der Waals surface area (Å²) < 4.78 is 97.5. The standard InChI is InChI=1S/C18H15F4N3O4S2/c1-29-13-7-6-11-12(14(13)19)8-30(26)16-15(11)25(24-17(16)18(20,21)22)9-2-4-10(5-3-9)31(23,27)28/h2-7,11-12H,8H2,1H3,(H2,23,27,28). The Kier molecular flexibility index (Phi) is 5.10. The third-order valence-electron chi connectivity index (χ3n) is 5.10. The fourth-order valence-corrected chi connectivity index (χ4v) is 5.90. The van der Waals surface area contributed by atoms with Gasteiger partial charge in [0.2, 0.25) is 10.0 Å². The Bertz CT molecular complexity index is 1250. The first-order chi connectivity index (χ1) is 14.4. The van der Waals surface area contributed by atoms with E-state index in [4.69, 9.17) is 9.88 Å². The molecule has 2 aromatic rings. The summed E-state index contributed by atoms with van der Waals surface area (Å²) in [4.78, 5) is -0.756. The summed E-state index contributed by atoms with van der Waals surface area (Å²) in [5.41, 5.74) is -1.33. The number of rotatable bonds is 3. The van der Waals surface area contributed by atoms with Crippen LogP contribution in [0.15, 0.2) is 57.8 Å².